The first kappa shape index (κ1) is 11.1. The summed E-state index contributed by atoms with van der Waals surface area (Å²) >= 11 is 0. The Bertz CT molecular complexity index is 396. The number of esters is 1. The van der Waals surface area contributed by atoms with Gasteiger partial charge in [0.15, 0.2) is 0 Å². The number of methoxy groups -OCH3 is 1. The molecule has 0 heterocycles. The second-order valence-corrected chi connectivity index (χ2v) is 3.08. The van der Waals surface area contributed by atoms with E-state index in [0.717, 1.165) is 5.69 Å². The van der Waals surface area contributed by atoms with Crippen molar-refractivity contribution in [3.63, 3.8) is 0 Å². The van der Waals surface area contributed by atoms with E-state index in [-0.39, 0.29) is 5.97 Å². The van der Waals surface area contributed by atoms with Crippen LogP contribution in [0.2, 0.25) is 0 Å². The van der Waals surface area contributed by atoms with Gasteiger partial charge in [0.05, 0.1) is 18.7 Å². The number of nitriles is 1. The summed E-state index contributed by atoms with van der Waals surface area (Å²) in [5, 5.41) is 11.6. The number of carbonyl (C=O) groups is 1. The number of rotatable bonds is 3. The van der Waals surface area contributed by atoms with Gasteiger partial charge in [-0.05, 0) is 25.1 Å². The third-order valence-electron chi connectivity index (χ3n) is 1.93. The van der Waals surface area contributed by atoms with Gasteiger partial charge in [-0.25, -0.2) is 4.79 Å². The van der Waals surface area contributed by atoms with Crippen LogP contribution in [0.1, 0.15) is 12.5 Å². The molecule has 0 spiro atoms. The molecular formula is C11H12N2O2. The number of anilines is 1. The van der Waals surface area contributed by atoms with Gasteiger partial charge in [-0.3, -0.25) is 0 Å². The van der Waals surface area contributed by atoms with Crippen molar-refractivity contribution in [3.8, 4) is 6.07 Å². The normalized spacial score (nSPS) is 11.3. The average molecular weight is 204 g/mol. The number of nitrogens with zero attached hydrogens (tertiary/aromatic N) is 1. The molecule has 0 aliphatic heterocycles. The van der Waals surface area contributed by atoms with Crippen molar-refractivity contribution in [2.45, 2.75) is 13.0 Å². The van der Waals surface area contributed by atoms with Crippen molar-refractivity contribution in [2.24, 2.45) is 0 Å². The average Bonchev–Trinajstić information content (AvgIpc) is 2.28. The summed E-state index contributed by atoms with van der Waals surface area (Å²) in [5.74, 6) is -0.336. The van der Waals surface area contributed by atoms with E-state index in [2.05, 4.69) is 10.1 Å². The van der Waals surface area contributed by atoms with E-state index in [4.69, 9.17) is 5.26 Å². The zero-order chi connectivity index (χ0) is 11.3. The summed E-state index contributed by atoms with van der Waals surface area (Å²) in [6.07, 6.45) is 0. The minimum absolute atomic E-state index is 0.336. The molecule has 0 aliphatic rings. The fraction of sp³-hybridized carbons (Fsp3) is 0.273. The minimum Gasteiger partial charge on any atom is -0.467 e. The molecule has 0 aromatic heterocycles. The Kier molecular flexibility index (Phi) is 3.69. The SMILES string of the molecule is COC(=O)C(C)Nc1cccc(C#N)c1. The third-order valence-corrected chi connectivity index (χ3v) is 1.93. The number of hydrogen-bond donors (Lipinski definition) is 1. The second-order valence-electron chi connectivity index (χ2n) is 3.08. The standard InChI is InChI=1S/C11H12N2O2/c1-8(11(14)15-2)13-10-5-3-4-9(6-10)7-12/h3-6,8,13H,1-2H3. The van der Waals surface area contributed by atoms with Crippen LogP contribution in [-0.4, -0.2) is 19.1 Å². The van der Waals surface area contributed by atoms with Gasteiger partial charge in [-0.2, -0.15) is 5.26 Å². The number of benzene rings is 1. The molecule has 0 saturated carbocycles. The molecule has 1 unspecified atom stereocenters. The Labute approximate surface area is 88.5 Å². The lowest BCUT2D eigenvalue weighted by Crippen LogP contribution is -2.27. The molecule has 1 rings (SSSR count). The molecule has 1 aromatic carbocycles. The summed E-state index contributed by atoms with van der Waals surface area (Å²) in [6, 6.07) is 8.53. The van der Waals surface area contributed by atoms with E-state index in [9.17, 15) is 4.79 Å². The van der Waals surface area contributed by atoms with E-state index >= 15 is 0 Å². The first-order valence-corrected chi connectivity index (χ1v) is 4.52. The van der Waals surface area contributed by atoms with E-state index in [1.165, 1.54) is 7.11 Å². The Morgan fingerprint density at radius 2 is 2.33 bits per heavy atom. The molecule has 4 nitrogen and oxygen atoms in total. The van der Waals surface area contributed by atoms with Gasteiger partial charge in [0, 0.05) is 5.69 Å². The molecule has 1 atom stereocenters. The molecule has 4 heteroatoms. The summed E-state index contributed by atoms with van der Waals surface area (Å²) in [5.41, 5.74) is 1.28. The molecule has 0 bridgehead atoms. The van der Waals surface area contributed by atoms with Crippen LogP contribution in [0, 0.1) is 11.3 Å². The van der Waals surface area contributed by atoms with Gasteiger partial charge in [-0.1, -0.05) is 6.07 Å². The van der Waals surface area contributed by atoms with Crippen LogP contribution in [0.4, 0.5) is 5.69 Å². The van der Waals surface area contributed by atoms with Gasteiger partial charge in [-0.15, -0.1) is 0 Å². The van der Waals surface area contributed by atoms with Gasteiger partial charge >= 0.3 is 5.97 Å². The van der Waals surface area contributed by atoms with Gasteiger partial charge in [0.25, 0.3) is 0 Å². The fourth-order valence-electron chi connectivity index (χ4n) is 1.16. The lowest BCUT2D eigenvalue weighted by atomic mass is 10.2. The molecule has 0 saturated heterocycles. The quantitative estimate of drug-likeness (QED) is 0.758. The lowest BCUT2D eigenvalue weighted by Gasteiger charge is -2.12. The van der Waals surface area contributed by atoms with Crippen LogP contribution < -0.4 is 5.32 Å². The van der Waals surface area contributed by atoms with Crippen LogP contribution in [-0.2, 0) is 9.53 Å². The van der Waals surface area contributed by atoms with Crippen molar-refractivity contribution in [1.82, 2.24) is 0 Å². The van der Waals surface area contributed by atoms with Crippen molar-refractivity contribution in [3.05, 3.63) is 29.8 Å². The first-order valence-electron chi connectivity index (χ1n) is 4.52. The summed E-state index contributed by atoms with van der Waals surface area (Å²) in [7, 11) is 1.34. The van der Waals surface area contributed by atoms with E-state index in [0.29, 0.717) is 5.56 Å². The zero-order valence-electron chi connectivity index (χ0n) is 8.65. The van der Waals surface area contributed by atoms with Crippen LogP contribution in [0.3, 0.4) is 0 Å². The minimum atomic E-state index is -0.427. The maximum atomic E-state index is 11.1. The summed E-state index contributed by atoms with van der Waals surface area (Å²) in [4.78, 5) is 11.1. The van der Waals surface area contributed by atoms with Crippen molar-refractivity contribution in [1.29, 1.82) is 5.26 Å². The van der Waals surface area contributed by atoms with Gasteiger partial charge in [0.2, 0.25) is 0 Å². The van der Waals surface area contributed by atoms with Crippen LogP contribution in [0.15, 0.2) is 24.3 Å². The van der Waals surface area contributed by atoms with Crippen LogP contribution in [0.25, 0.3) is 0 Å². The van der Waals surface area contributed by atoms with Crippen LogP contribution in [0.5, 0.6) is 0 Å². The highest BCUT2D eigenvalue weighted by molar-refractivity contribution is 5.78. The van der Waals surface area contributed by atoms with E-state index < -0.39 is 6.04 Å². The van der Waals surface area contributed by atoms with Gasteiger partial charge < -0.3 is 10.1 Å². The molecule has 0 radical (unpaired) electrons. The van der Waals surface area contributed by atoms with E-state index in [1.807, 2.05) is 6.07 Å². The largest absolute Gasteiger partial charge is 0.467 e. The molecular weight excluding hydrogens is 192 g/mol. The molecule has 15 heavy (non-hydrogen) atoms. The van der Waals surface area contributed by atoms with Crippen molar-refractivity contribution in [2.75, 3.05) is 12.4 Å². The Hall–Kier alpha value is -2.02. The Balaban J connectivity index is 2.73. The predicted molar refractivity (Wildman–Crippen MR) is 56.3 cm³/mol. The molecule has 1 aromatic rings. The summed E-state index contributed by atoms with van der Waals surface area (Å²) in [6.45, 7) is 1.70. The molecule has 1 N–H and O–H groups in total. The lowest BCUT2D eigenvalue weighted by molar-refractivity contribution is -0.141. The fourth-order valence-corrected chi connectivity index (χ4v) is 1.16. The third kappa shape index (κ3) is 2.99. The molecule has 0 fully saturated rings. The maximum absolute atomic E-state index is 11.1. The van der Waals surface area contributed by atoms with Crippen molar-refractivity contribution >= 4 is 11.7 Å². The zero-order valence-corrected chi connectivity index (χ0v) is 8.65. The molecule has 0 aliphatic carbocycles. The number of carbonyl (C=O) groups excluding carboxylic acids is 1. The molecule has 0 amide bonds. The summed E-state index contributed by atoms with van der Waals surface area (Å²) < 4.78 is 4.57. The Morgan fingerprint density at radius 3 is 2.93 bits per heavy atom. The highest BCUT2D eigenvalue weighted by atomic mass is 16.5. The first-order chi connectivity index (χ1) is 7.17. The highest BCUT2D eigenvalue weighted by Crippen LogP contribution is 2.11. The number of nitrogens with one attached hydrogen (secondary N) is 1. The maximum Gasteiger partial charge on any atom is 0.327 e. The van der Waals surface area contributed by atoms with E-state index in [1.54, 1.807) is 31.2 Å². The smallest absolute Gasteiger partial charge is 0.327 e. The number of hydrogen-bond acceptors (Lipinski definition) is 4. The van der Waals surface area contributed by atoms with Crippen LogP contribution >= 0.6 is 0 Å². The topological polar surface area (TPSA) is 62.1 Å². The number of ether oxygens (including phenoxy) is 1. The predicted octanol–water partition coefficient (Wildman–Crippen LogP) is 1.53. The highest BCUT2D eigenvalue weighted by Gasteiger charge is 2.12. The second kappa shape index (κ2) is 5.01. The van der Waals surface area contributed by atoms with Gasteiger partial charge in [0.1, 0.15) is 6.04 Å². The van der Waals surface area contributed by atoms with Crippen molar-refractivity contribution < 1.29 is 9.53 Å². The Morgan fingerprint density at radius 1 is 1.60 bits per heavy atom. The molecule has 78 valence electrons. The monoisotopic (exact) mass is 204 g/mol.